The minimum Gasteiger partial charge on any atom is -0.360 e. The van der Waals surface area contributed by atoms with Gasteiger partial charge >= 0.3 is 0 Å². The maximum atomic E-state index is 12.9. The quantitative estimate of drug-likeness (QED) is 0.241. The molecule has 4 N–H and O–H groups in total. The first-order valence-corrected chi connectivity index (χ1v) is 13.1. The van der Waals surface area contributed by atoms with Crippen LogP contribution in [0.3, 0.4) is 0 Å². The molecule has 2 aromatic rings. The average Bonchev–Trinajstić information content (AvgIpc) is 2.72. The van der Waals surface area contributed by atoms with Gasteiger partial charge in [-0.15, -0.1) is 0 Å². The van der Waals surface area contributed by atoms with Crippen molar-refractivity contribution in [1.29, 1.82) is 0 Å². The van der Waals surface area contributed by atoms with Gasteiger partial charge in [0.15, 0.2) is 16.2 Å². The maximum Gasteiger partial charge on any atom is 0.264 e. The molecule has 1 unspecified atom stereocenters. The zero-order chi connectivity index (χ0) is 24.8. The Morgan fingerprint density at radius 3 is 2.39 bits per heavy atom. The molecule has 0 heterocycles. The van der Waals surface area contributed by atoms with Crippen LogP contribution in [0, 0.1) is 6.92 Å². The third kappa shape index (κ3) is 7.74. The Labute approximate surface area is 202 Å². The van der Waals surface area contributed by atoms with Crippen LogP contribution >= 0.6 is 12.2 Å². The van der Waals surface area contributed by atoms with Crippen molar-refractivity contribution in [3.63, 3.8) is 0 Å². The van der Waals surface area contributed by atoms with Gasteiger partial charge in [0.1, 0.15) is 0 Å². The molecule has 1 atom stereocenters. The Morgan fingerprint density at radius 1 is 1.15 bits per heavy atom. The predicted molar refractivity (Wildman–Crippen MR) is 136 cm³/mol. The average molecular weight is 510 g/mol. The molecule has 2 rings (SSSR count). The van der Waals surface area contributed by atoms with E-state index in [9.17, 15) is 22.0 Å². The molecule has 0 spiro atoms. The molecule has 0 aliphatic rings. The minimum atomic E-state index is -4.19. The highest BCUT2D eigenvalue weighted by atomic mass is 32.2. The van der Waals surface area contributed by atoms with E-state index in [2.05, 4.69) is 10.6 Å². The first-order valence-electron chi connectivity index (χ1n) is 10.1. The second-order valence-electron chi connectivity index (χ2n) is 7.51. The number of sulfonamides is 1. The highest BCUT2D eigenvalue weighted by molar-refractivity contribution is 7.90. The Bertz CT molecular complexity index is 1210. The van der Waals surface area contributed by atoms with Gasteiger partial charge in [-0.05, 0) is 67.9 Å². The smallest absolute Gasteiger partial charge is 0.264 e. The molecule has 178 valence electrons. The Balaban J connectivity index is 2.53. The molecule has 8 nitrogen and oxygen atoms in total. The minimum absolute atomic E-state index is 0.000220. The Morgan fingerprint density at radius 2 is 1.79 bits per heavy atom. The fraction of sp³-hybridized carbons (Fsp3) is 0.273. The summed E-state index contributed by atoms with van der Waals surface area (Å²) in [5, 5.41) is 6.26. The highest BCUT2D eigenvalue weighted by Gasteiger charge is 2.21. The molecular formula is C22H27N3O5S3. The number of hydrogen-bond donors (Lipinski definition) is 4. The highest BCUT2D eigenvalue weighted by Crippen LogP contribution is 2.25. The summed E-state index contributed by atoms with van der Waals surface area (Å²) >= 11 is 3.01. The Kier molecular flexibility index (Phi) is 9.29. The summed E-state index contributed by atoms with van der Waals surface area (Å²) in [6, 6.07) is 9.71. The molecule has 0 bridgehead atoms. The summed E-state index contributed by atoms with van der Waals surface area (Å²) in [4.78, 5) is 11.9. The molecule has 1 amide bonds. The lowest BCUT2D eigenvalue weighted by molar-refractivity contribution is -0.119. The van der Waals surface area contributed by atoms with E-state index in [1.54, 1.807) is 50.3 Å². The van der Waals surface area contributed by atoms with Gasteiger partial charge in [0.25, 0.3) is 10.0 Å². The van der Waals surface area contributed by atoms with Crippen molar-refractivity contribution < 1.29 is 22.0 Å². The lowest BCUT2D eigenvalue weighted by atomic mass is 10.1. The summed E-state index contributed by atoms with van der Waals surface area (Å²) in [7, 11) is -4.19. The van der Waals surface area contributed by atoms with E-state index in [0.717, 1.165) is 5.56 Å². The zero-order valence-electron chi connectivity index (χ0n) is 18.7. The van der Waals surface area contributed by atoms with Gasteiger partial charge in [0.2, 0.25) is 5.91 Å². The summed E-state index contributed by atoms with van der Waals surface area (Å²) < 4.78 is 49.2. The van der Waals surface area contributed by atoms with Crippen LogP contribution in [0.25, 0.3) is 12.2 Å². The molecule has 33 heavy (non-hydrogen) atoms. The number of thiocarbonyl (C=S) groups is 1. The summed E-state index contributed by atoms with van der Waals surface area (Å²) in [5.41, 5.74) is 1.99. The van der Waals surface area contributed by atoms with Crippen LogP contribution < -0.4 is 15.4 Å². The van der Waals surface area contributed by atoms with Gasteiger partial charge < -0.3 is 15.2 Å². The van der Waals surface area contributed by atoms with E-state index in [4.69, 9.17) is 12.2 Å². The third-order valence-electron chi connectivity index (χ3n) is 4.35. The second-order valence-corrected chi connectivity index (χ2v) is 10.5. The van der Waals surface area contributed by atoms with Crippen LogP contribution in [0.2, 0.25) is 0 Å². The standard InChI is InChI=1S/C22H27N3O5S3/c1-5-21(26)25-33(29,30)20-13-18(24-22(31)23-14(2)3)11-10-17(20)9-8-16-7-6-15(4)12-19(16)32(27)28/h6-14H,5H2,1-4H3,(H,25,26)(H,27,28)(H2,23,24,31)/b9-8+. The van der Waals surface area contributed by atoms with E-state index in [1.165, 1.54) is 12.1 Å². The van der Waals surface area contributed by atoms with Gasteiger partial charge in [-0.25, -0.2) is 17.3 Å². The topological polar surface area (TPSA) is 125 Å². The van der Waals surface area contributed by atoms with E-state index in [-0.39, 0.29) is 27.8 Å². The first-order chi connectivity index (χ1) is 15.4. The van der Waals surface area contributed by atoms with Gasteiger partial charge in [-0.2, -0.15) is 0 Å². The van der Waals surface area contributed by atoms with Gasteiger partial charge in [0, 0.05) is 18.2 Å². The molecule has 0 aliphatic carbocycles. The van der Waals surface area contributed by atoms with Crippen molar-refractivity contribution in [2.75, 3.05) is 5.32 Å². The predicted octanol–water partition coefficient (Wildman–Crippen LogP) is 3.66. The second kappa shape index (κ2) is 11.5. The number of nitrogens with one attached hydrogen (secondary N) is 3. The van der Waals surface area contributed by atoms with Crippen molar-refractivity contribution in [3.8, 4) is 0 Å². The molecule has 2 aromatic carbocycles. The molecule has 0 saturated heterocycles. The number of carbonyl (C=O) groups is 1. The van der Waals surface area contributed by atoms with Crippen molar-refractivity contribution >= 4 is 62.2 Å². The fourth-order valence-corrected chi connectivity index (χ4v) is 5.06. The Hall–Kier alpha value is -2.60. The lowest BCUT2D eigenvalue weighted by Gasteiger charge is -2.15. The zero-order valence-corrected chi connectivity index (χ0v) is 21.2. The van der Waals surface area contributed by atoms with Crippen LogP contribution in [-0.4, -0.2) is 34.2 Å². The number of hydrogen-bond acceptors (Lipinski definition) is 5. The van der Waals surface area contributed by atoms with Crippen molar-refractivity contribution in [1.82, 2.24) is 10.0 Å². The SMILES string of the molecule is CCC(=O)NS(=O)(=O)c1cc(NC(=S)NC(C)C)ccc1/C=C/c1ccc(C)cc1S(=O)O. The van der Waals surface area contributed by atoms with E-state index >= 15 is 0 Å². The van der Waals surface area contributed by atoms with Gasteiger partial charge in [-0.1, -0.05) is 37.3 Å². The largest absolute Gasteiger partial charge is 0.360 e. The molecular weight excluding hydrogens is 482 g/mol. The molecule has 0 fully saturated rings. The van der Waals surface area contributed by atoms with Crippen molar-refractivity contribution in [3.05, 3.63) is 53.1 Å². The van der Waals surface area contributed by atoms with Crippen molar-refractivity contribution in [2.45, 2.75) is 49.9 Å². The number of rotatable bonds is 8. The first kappa shape index (κ1) is 26.7. The molecule has 0 aliphatic heterocycles. The molecule has 11 heteroatoms. The number of carbonyl (C=O) groups excluding carboxylic acids is 1. The number of anilines is 1. The lowest BCUT2D eigenvalue weighted by Crippen LogP contribution is -2.34. The molecule has 0 aromatic heterocycles. The normalized spacial score (nSPS) is 12.5. The molecule has 0 saturated carbocycles. The van der Waals surface area contributed by atoms with Crippen LogP contribution in [0.15, 0.2) is 46.2 Å². The fourth-order valence-electron chi connectivity index (χ4n) is 2.80. The van der Waals surface area contributed by atoms with Crippen LogP contribution in [0.4, 0.5) is 5.69 Å². The van der Waals surface area contributed by atoms with Gasteiger partial charge in [-0.3, -0.25) is 4.79 Å². The van der Waals surface area contributed by atoms with E-state index in [0.29, 0.717) is 16.4 Å². The van der Waals surface area contributed by atoms with E-state index in [1.807, 2.05) is 18.6 Å². The number of benzene rings is 2. The van der Waals surface area contributed by atoms with E-state index < -0.39 is 27.0 Å². The van der Waals surface area contributed by atoms with Crippen LogP contribution in [0.5, 0.6) is 0 Å². The van der Waals surface area contributed by atoms with Gasteiger partial charge in [0.05, 0.1) is 9.79 Å². The number of amides is 1. The summed E-state index contributed by atoms with van der Waals surface area (Å²) in [5.74, 6) is -0.642. The summed E-state index contributed by atoms with van der Waals surface area (Å²) in [6.07, 6.45) is 3.07. The third-order valence-corrected chi connectivity index (χ3v) is 6.73. The molecule has 0 radical (unpaired) electrons. The van der Waals surface area contributed by atoms with Crippen molar-refractivity contribution in [2.24, 2.45) is 0 Å². The van der Waals surface area contributed by atoms with Crippen LogP contribution in [-0.2, 0) is 25.9 Å². The maximum absolute atomic E-state index is 12.9. The monoisotopic (exact) mass is 509 g/mol. The number of aryl methyl sites for hydroxylation is 1. The van der Waals surface area contributed by atoms with Crippen LogP contribution in [0.1, 0.15) is 43.9 Å². The summed E-state index contributed by atoms with van der Waals surface area (Å²) in [6.45, 7) is 7.18.